The van der Waals surface area contributed by atoms with E-state index in [1.807, 2.05) is 0 Å². The molecule has 0 aliphatic carbocycles. The SMILES string of the molecule is [2H]C([2H])c1cc(C([2H])([2H])C([2H])([2H])c2cnc(-c3ccccc3)cc2C([2H])([2H])[2H])cc(C([2H])([2H])C([2H])([2H])c2cnc(-c3ccccc3)cc2C([2H])([2H])C(C)(C)C)c1. The average Bonchev–Trinajstić information content (AvgIpc) is 3.13. The Balaban J connectivity index is 1.69. The molecule has 0 amide bonds. The molecule has 41 heavy (non-hydrogen) atoms. The van der Waals surface area contributed by atoms with Gasteiger partial charge in [-0.1, -0.05) is 105 Å². The van der Waals surface area contributed by atoms with Gasteiger partial charge in [0.25, 0.3) is 0 Å². The van der Waals surface area contributed by atoms with Gasteiger partial charge in [-0.3, -0.25) is 9.97 Å². The fraction of sp³-hybridized carbons (Fsp3) is 0.282. The van der Waals surface area contributed by atoms with Crippen molar-refractivity contribution in [2.24, 2.45) is 5.41 Å². The third-order valence-corrected chi connectivity index (χ3v) is 6.10. The Morgan fingerprint density at radius 3 is 1.76 bits per heavy atom. The second-order valence-electron chi connectivity index (χ2n) is 10.7. The number of nitrogens with zero attached hydrogens (tertiary/aromatic N) is 2. The number of aromatic nitrogens is 2. The van der Waals surface area contributed by atoms with Gasteiger partial charge >= 0.3 is 0 Å². The fourth-order valence-electron chi connectivity index (χ4n) is 4.23. The van der Waals surface area contributed by atoms with E-state index in [9.17, 15) is 5.48 Å². The molecule has 0 saturated carbocycles. The first-order chi connectivity index (χ1) is 25.7. The van der Waals surface area contributed by atoms with Crippen LogP contribution in [0.3, 0.4) is 0 Å². The van der Waals surface area contributed by atoms with Crippen molar-refractivity contribution in [3.05, 3.63) is 142 Å². The van der Waals surface area contributed by atoms with Gasteiger partial charge in [-0.05, 0) is 96.5 Å². The minimum absolute atomic E-state index is 0.168. The molecule has 0 N–H and O–H groups in total. The number of aryl methyl sites for hydroxylation is 6. The van der Waals surface area contributed by atoms with Crippen molar-refractivity contribution in [3.63, 3.8) is 0 Å². The van der Waals surface area contributed by atoms with E-state index in [0.717, 1.165) is 30.6 Å². The van der Waals surface area contributed by atoms with Gasteiger partial charge in [0, 0.05) is 44.1 Å². The molecule has 0 unspecified atom stereocenters. The van der Waals surface area contributed by atoms with E-state index in [0.29, 0.717) is 16.8 Å². The minimum atomic E-state index is -3.17. The summed E-state index contributed by atoms with van der Waals surface area (Å²) in [6, 6.07) is 22.9. The molecular weight excluding hydrogens is 496 g/mol. The zero-order valence-corrected chi connectivity index (χ0v) is 23.3. The summed E-state index contributed by atoms with van der Waals surface area (Å²) >= 11 is 0. The average molecular weight is 554 g/mol. The van der Waals surface area contributed by atoms with E-state index in [2.05, 4.69) is 9.97 Å². The van der Waals surface area contributed by atoms with Gasteiger partial charge in [-0.15, -0.1) is 0 Å². The third kappa shape index (κ3) is 7.79. The first kappa shape index (κ1) is 15.3. The summed E-state index contributed by atoms with van der Waals surface area (Å²) in [4.78, 5) is 8.68. The highest BCUT2D eigenvalue weighted by Crippen LogP contribution is 2.28. The highest BCUT2D eigenvalue weighted by Gasteiger charge is 2.16. The normalized spacial score (nSPS) is 19.1. The third-order valence-electron chi connectivity index (χ3n) is 6.10. The maximum atomic E-state index is 9.31. The van der Waals surface area contributed by atoms with Crippen LogP contribution in [0.5, 0.6) is 0 Å². The lowest BCUT2D eigenvalue weighted by atomic mass is 9.85. The zero-order valence-electron chi connectivity index (χ0n) is 38.3. The summed E-state index contributed by atoms with van der Waals surface area (Å²) in [7, 11) is 0. The molecule has 208 valence electrons. The van der Waals surface area contributed by atoms with Crippen LogP contribution >= 0.6 is 0 Å². The summed E-state index contributed by atoms with van der Waals surface area (Å²) in [5.41, 5.74) is -2.53. The molecule has 2 heteroatoms. The Morgan fingerprint density at radius 2 is 1.20 bits per heavy atom. The molecule has 0 saturated heterocycles. The molecule has 3 aromatic carbocycles. The summed E-state index contributed by atoms with van der Waals surface area (Å²) in [6.45, 7) is 0.111. The minimum Gasteiger partial charge on any atom is -0.256 e. The zero-order chi connectivity index (χ0) is 41.9. The van der Waals surface area contributed by atoms with Crippen molar-refractivity contribution in [1.29, 1.82) is 0 Å². The number of benzene rings is 3. The topological polar surface area (TPSA) is 25.8 Å². The Hall–Kier alpha value is -4.04. The molecule has 0 radical (unpaired) electrons. The lowest BCUT2D eigenvalue weighted by Crippen LogP contribution is -2.12. The van der Waals surface area contributed by atoms with Crippen molar-refractivity contribution in [2.45, 2.75) is 66.4 Å². The molecule has 0 atom stereocenters. The van der Waals surface area contributed by atoms with E-state index in [-0.39, 0.29) is 16.8 Å². The van der Waals surface area contributed by atoms with Crippen LogP contribution in [0.25, 0.3) is 22.5 Å². The van der Waals surface area contributed by atoms with Gasteiger partial charge in [-0.2, -0.15) is 0 Å². The van der Waals surface area contributed by atoms with E-state index in [4.69, 9.17) is 15.1 Å². The predicted octanol–water partition coefficient (Wildman–Crippen LogP) is 9.59. The van der Waals surface area contributed by atoms with Crippen LogP contribution in [0.1, 0.15) is 80.3 Å². The van der Waals surface area contributed by atoms with Crippen LogP contribution in [0, 0.1) is 19.1 Å². The smallest absolute Gasteiger partial charge is 0.0704 e. The van der Waals surface area contributed by atoms with Crippen molar-refractivity contribution < 1.29 is 20.6 Å². The van der Waals surface area contributed by atoms with Gasteiger partial charge in [0.05, 0.1) is 11.4 Å². The standard InChI is InChI=1S/C39H42N2/c1-28-20-30(16-18-34-26-40-37(22-29(34)2)32-12-8-6-9-13-32)23-31(21-28)17-19-35-27-41-38(33-14-10-7-11-15-33)24-36(35)25-39(3,4)5/h6-15,20-24,26-27H,16-19,25H2,1-5H3/i1D2,2D3,16D2,17D2,18D2,19D2,25D2. The molecule has 0 spiro atoms. The maximum absolute atomic E-state index is 9.31. The van der Waals surface area contributed by atoms with E-state index in [1.165, 1.54) is 12.1 Å². The summed E-state index contributed by atoms with van der Waals surface area (Å²) in [5, 5.41) is 0. The Kier molecular flexibility index (Phi) is 4.71. The van der Waals surface area contributed by atoms with Crippen molar-refractivity contribution in [1.82, 2.24) is 9.97 Å². The van der Waals surface area contributed by atoms with Crippen LogP contribution in [0.15, 0.2) is 103 Å². The number of pyridine rings is 2. The molecule has 2 aromatic heterocycles. The van der Waals surface area contributed by atoms with Crippen molar-refractivity contribution in [3.8, 4) is 22.5 Å². The largest absolute Gasteiger partial charge is 0.256 e. The summed E-state index contributed by atoms with van der Waals surface area (Å²) in [6.07, 6.45) is -12.7. The lowest BCUT2D eigenvalue weighted by Gasteiger charge is -2.21. The molecular formula is C39H42N2. The van der Waals surface area contributed by atoms with E-state index >= 15 is 0 Å². The van der Waals surface area contributed by atoms with E-state index < -0.39 is 78.8 Å². The monoisotopic (exact) mass is 553 g/mol. The molecule has 2 nitrogen and oxygen atoms in total. The Bertz CT molecular complexity index is 2190. The second-order valence-corrected chi connectivity index (χ2v) is 10.7. The van der Waals surface area contributed by atoms with Gasteiger partial charge < -0.3 is 0 Å². The maximum Gasteiger partial charge on any atom is 0.0704 e. The van der Waals surface area contributed by atoms with Gasteiger partial charge in [0.2, 0.25) is 0 Å². The summed E-state index contributed by atoms with van der Waals surface area (Å²) < 4.78 is 133. The molecule has 0 aliphatic rings. The molecule has 5 rings (SSSR count). The first-order valence-electron chi connectivity index (χ1n) is 20.9. The lowest BCUT2D eigenvalue weighted by molar-refractivity contribution is 0.409. The Morgan fingerprint density at radius 1 is 0.634 bits per heavy atom. The molecule has 0 bridgehead atoms. The predicted molar refractivity (Wildman–Crippen MR) is 173 cm³/mol. The number of hydrogen-bond acceptors (Lipinski definition) is 2. The van der Waals surface area contributed by atoms with Crippen LogP contribution in [0.2, 0.25) is 0 Å². The van der Waals surface area contributed by atoms with Crippen molar-refractivity contribution in [2.75, 3.05) is 0 Å². The van der Waals surface area contributed by atoms with Crippen LogP contribution in [-0.2, 0) is 31.9 Å². The van der Waals surface area contributed by atoms with Gasteiger partial charge in [0.15, 0.2) is 0 Å². The van der Waals surface area contributed by atoms with E-state index in [1.54, 1.807) is 81.4 Å². The highest BCUT2D eigenvalue weighted by atomic mass is 14.7. The number of hydrogen-bond donors (Lipinski definition) is 0. The summed E-state index contributed by atoms with van der Waals surface area (Å²) in [5.74, 6) is 0. The molecule has 0 aliphatic heterocycles. The van der Waals surface area contributed by atoms with Crippen molar-refractivity contribution >= 4 is 0 Å². The fourth-order valence-corrected chi connectivity index (χ4v) is 4.23. The highest BCUT2D eigenvalue weighted by molar-refractivity contribution is 5.61. The van der Waals surface area contributed by atoms with Crippen LogP contribution in [-0.4, -0.2) is 9.97 Å². The van der Waals surface area contributed by atoms with Gasteiger partial charge in [0.1, 0.15) is 0 Å². The van der Waals surface area contributed by atoms with Gasteiger partial charge in [-0.25, -0.2) is 0 Å². The molecule has 5 aromatic rings. The van der Waals surface area contributed by atoms with Crippen LogP contribution in [0.4, 0.5) is 0 Å². The molecule has 2 heterocycles. The molecule has 0 fully saturated rings. The second kappa shape index (κ2) is 12.6. The first-order valence-corrected chi connectivity index (χ1v) is 13.3. The van der Waals surface area contributed by atoms with Crippen LogP contribution < -0.4 is 0 Å². The quantitative estimate of drug-likeness (QED) is 0.182. The number of rotatable bonds is 9. The Labute approximate surface area is 267 Å².